The summed E-state index contributed by atoms with van der Waals surface area (Å²) >= 11 is 0. The van der Waals surface area contributed by atoms with Crippen molar-refractivity contribution < 1.29 is 89.1 Å². The second-order valence-corrected chi connectivity index (χ2v) is 22.7. The fourth-order valence-corrected chi connectivity index (χ4v) is 14.6. The van der Waals surface area contributed by atoms with E-state index in [0.29, 0.717) is 44.9 Å². The van der Waals surface area contributed by atoms with Gasteiger partial charge in [0.25, 0.3) is 0 Å². The second kappa shape index (κ2) is 17.6. The second-order valence-electron chi connectivity index (χ2n) is 22.7. The Morgan fingerprint density at radius 2 is 1.35 bits per heavy atom. The molecular weight excluding hydrogens is 852 g/mol. The summed E-state index contributed by atoms with van der Waals surface area (Å²) in [5.74, 6) is -0.724. The summed E-state index contributed by atoms with van der Waals surface area (Å²) < 4.78 is 35.3. The first-order valence-corrected chi connectivity index (χ1v) is 23.7. The van der Waals surface area contributed by atoms with Crippen molar-refractivity contribution in [1.82, 2.24) is 0 Å². The van der Waals surface area contributed by atoms with Crippen LogP contribution in [0.15, 0.2) is 11.6 Å². The minimum absolute atomic E-state index is 0.0871. The highest BCUT2D eigenvalue weighted by atomic mass is 16.7. The van der Waals surface area contributed by atoms with Crippen LogP contribution < -0.4 is 0 Å². The smallest absolute Gasteiger partial charge is 0.315 e. The zero-order valence-electron chi connectivity index (χ0n) is 38.5. The minimum atomic E-state index is -1.71. The lowest BCUT2D eigenvalue weighted by Crippen LogP contribution is -2.67. The SMILES string of the molecule is CC1(C)CC[C@]2(C(=O)O[C@@H]3O[C@H](CO)[C@@H](O)[C@H](O)[C@H]3O)CC[C@]3(C)C(=CC[C@@H]4[C@@]5(C)CC[C@H](O[C@@H]6O[C@H](CO)[C@@H](O)[C@H](O[C@@H]7OC[C@@H](O)[C@H](O)[C@H]7O)[C@H]6O)[C@@](C)(C=O)[C@@H]5CC[C@]43C)[C@@H]2C1. The standard InChI is InChI=1S/C47H74O18/c1-42(2)13-15-47(41(59)65-39-35(57)33(55)31(53)25(18-48)61-39)16-14-45(5)22(23(47)17-42)7-8-28-43(3)11-10-29(44(4,21-50)27(43)9-12-46(28,45)6)63-40-36(58)37(32(54)26(19-49)62-40)64-38-34(56)30(52)24(51)20-60-38/h7,21,23-40,48-49,51-58H,8-20H2,1-6H3/t23-,24+,25+,26+,27+,28+,29-,30-,31+,32+,33-,34+,35+,36+,37-,38-,39-,40-,43-,44-,45+,46+,47-/m0/s1. The van der Waals surface area contributed by atoms with Crippen LogP contribution in [-0.4, -0.2) is 175 Å². The summed E-state index contributed by atoms with van der Waals surface area (Å²) in [4.78, 5) is 28.2. The van der Waals surface area contributed by atoms with Crippen molar-refractivity contribution in [2.45, 2.75) is 198 Å². The molecule has 7 fully saturated rings. The lowest BCUT2D eigenvalue weighted by molar-refractivity contribution is -0.360. The first kappa shape index (κ1) is 49.7. The lowest BCUT2D eigenvalue weighted by atomic mass is 9.33. The van der Waals surface area contributed by atoms with Gasteiger partial charge in [0.1, 0.15) is 73.4 Å². The molecule has 8 rings (SSSR count). The van der Waals surface area contributed by atoms with Gasteiger partial charge in [-0.3, -0.25) is 4.79 Å². The van der Waals surface area contributed by atoms with E-state index in [-0.39, 0.29) is 46.0 Å². The summed E-state index contributed by atoms with van der Waals surface area (Å²) in [5.41, 5.74) is -1.77. The molecule has 0 bridgehead atoms. The summed E-state index contributed by atoms with van der Waals surface area (Å²) in [7, 11) is 0. The Labute approximate surface area is 380 Å². The zero-order valence-corrected chi connectivity index (χ0v) is 38.5. The first-order valence-electron chi connectivity index (χ1n) is 23.7. The molecular formula is C47H74O18. The van der Waals surface area contributed by atoms with E-state index in [1.807, 2.05) is 6.92 Å². The average molecular weight is 927 g/mol. The number of aliphatic hydroxyl groups is 10. The van der Waals surface area contributed by atoms with Gasteiger partial charge in [0.15, 0.2) is 12.6 Å². The van der Waals surface area contributed by atoms with Crippen LogP contribution in [0.4, 0.5) is 0 Å². The number of fused-ring (bicyclic) bond motifs is 7. The third kappa shape index (κ3) is 7.71. The van der Waals surface area contributed by atoms with Crippen molar-refractivity contribution in [3.8, 4) is 0 Å². The molecule has 10 N–H and O–H groups in total. The molecule has 370 valence electrons. The van der Waals surface area contributed by atoms with Crippen molar-refractivity contribution in [3.05, 3.63) is 11.6 Å². The van der Waals surface area contributed by atoms with Crippen LogP contribution in [0.1, 0.15) is 106 Å². The van der Waals surface area contributed by atoms with E-state index in [1.54, 1.807) is 0 Å². The molecule has 0 unspecified atom stereocenters. The Balaban J connectivity index is 1.04. The molecule has 18 heteroatoms. The van der Waals surface area contributed by atoms with Crippen LogP contribution in [0.3, 0.4) is 0 Å². The monoisotopic (exact) mass is 926 g/mol. The molecule has 0 radical (unpaired) electrons. The molecule has 18 nitrogen and oxygen atoms in total. The van der Waals surface area contributed by atoms with E-state index in [1.165, 1.54) is 5.57 Å². The molecule has 0 aromatic rings. The molecule has 3 aliphatic heterocycles. The Morgan fingerprint density at radius 3 is 2.03 bits per heavy atom. The van der Waals surface area contributed by atoms with E-state index in [9.17, 15) is 60.7 Å². The molecule has 8 aliphatic rings. The molecule has 4 saturated carbocycles. The van der Waals surface area contributed by atoms with E-state index >= 15 is 0 Å². The van der Waals surface area contributed by atoms with Crippen molar-refractivity contribution in [2.24, 2.45) is 50.2 Å². The van der Waals surface area contributed by atoms with Crippen LogP contribution in [0.25, 0.3) is 0 Å². The van der Waals surface area contributed by atoms with Crippen molar-refractivity contribution >= 4 is 12.3 Å². The van der Waals surface area contributed by atoms with E-state index in [2.05, 4.69) is 40.7 Å². The highest BCUT2D eigenvalue weighted by Gasteiger charge is 2.71. The highest BCUT2D eigenvalue weighted by Crippen LogP contribution is 2.76. The maximum Gasteiger partial charge on any atom is 0.315 e. The number of rotatable bonds is 9. The maximum absolute atomic E-state index is 14.7. The van der Waals surface area contributed by atoms with Crippen LogP contribution >= 0.6 is 0 Å². The van der Waals surface area contributed by atoms with Crippen molar-refractivity contribution in [2.75, 3.05) is 19.8 Å². The predicted octanol–water partition coefficient (Wildman–Crippen LogP) is -0.0414. The molecule has 23 atom stereocenters. The number of aliphatic hydroxyl groups excluding tert-OH is 10. The summed E-state index contributed by atoms with van der Waals surface area (Å²) in [5, 5.41) is 105. The number of ether oxygens (including phenoxy) is 6. The van der Waals surface area contributed by atoms with Crippen LogP contribution in [0, 0.1) is 50.2 Å². The summed E-state index contributed by atoms with van der Waals surface area (Å²) in [6.45, 7) is 11.6. The summed E-state index contributed by atoms with van der Waals surface area (Å²) in [6.07, 6.45) is -12.4. The molecule has 5 aliphatic carbocycles. The number of carbonyl (C=O) groups excluding carboxylic acids is 2. The molecule has 3 saturated heterocycles. The van der Waals surface area contributed by atoms with Crippen LogP contribution in [0.2, 0.25) is 0 Å². The van der Waals surface area contributed by atoms with Crippen molar-refractivity contribution in [3.63, 3.8) is 0 Å². The van der Waals surface area contributed by atoms with Gasteiger partial charge in [-0.1, -0.05) is 53.2 Å². The molecule has 3 heterocycles. The lowest BCUT2D eigenvalue weighted by Gasteiger charge is -2.71. The number of esters is 1. The zero-order chi connectivity index (χ0) is 47.4. The van der Waals surface area contributed by atoms with Crippen LogP contribution in [0.5, 0.6) is 0 Å². The van der Waals surface area contributed by atoms with E-state index < -0.39 is 122 Å². The number of hydrogen-bond donors (Lipinski definition) is 10. The van der Waals surface area contributed by atoms with Gasteiger partial charge < -0.3 is 84.3 Å². The molecule has 0 spiro atoms. The highest BCUT2D eigenvalue weighted by molar-refractivity contribution is 5.79. The maximum atomic E-state index is 14.7. The molecule has 0 amide bonds. The van der Waals surface area contributed by atoms with Gasteiger partial charge in [-0.2, -0.15) is 0 Å². The van der Waals surface area contributed by atoms with Crippen LogP contribution in [-0.2, 0) is 38.0 Å². The van der Waals surface area contributed by atoms with Gasteiger partial charge in [0, 0.05) is 0 Å². The first-order chi connectivity index (χ1) is 30.5. The third-order valence-electron chi connectivity index (χ3n) is 18.9. The number of hydrogen-bond acceptors (Lipinski definition) is 18. The fourth-order valence-electron chi connectivity index (χ4n) is 14.6. The molecule has 65 heavy (non-hydrogen) atoms. The predicted molar refractivity (Wildman–Crippen MR) is 225 cm³/mol. The molecule has 0 aromatic heterocycles. The van der Waals surface area contributed by atoms with Gasteiger partial charge >= 0.3 is 5.97 Å². The fraction of sp³-hybridized carbons (Fsp3) is 0.915. The Bertz CT molecular complexity index is 1800. The van der Waals surface area contributed by atoms with Gasteiger partial charge in [-0.05, 0) is 104 Å². The van der Waals surface area contributed by atoms with Gasteiger partial charge in [-0.25, -0.2) is 0 Å². The summed E-state index contributed by atoms with van der Waals surface area (Å²) in [6, 6.07) is 0. The number of carbonyl (C=O) groups is 2. The molecule has 0 aromatic carbocycles. The van der Waals surface area contributed by atoms with E-state index in [0.717, 1.165) is 25.5 Å². The number of allylic oxidation sites excluding steroid dienone is 2. The van der Waals surface area contributed by atoms with E-state index in [4.69, 9.17) is 28.4 Å². The third-order valence-corrected chi connectivity index (χ3v) is 18.9. The largest absolute Gasteiger partial charge is 0.432 e. The van der Waals surface area contributed by atoms with Gasteiger partial charge in [-0.15, -0.1) is 0 Å². The number of aldehydes is 1. The normalized spacial score (nSPS) is 54.2. The Kier molecular flexibility index (Phi) is 13.5. The quantitative estimate of drug-likeness (QED) is 0.0628. The topological polar surface area (TPSA) is 292 Å². The van der Waals surface area contributed by atoms with Gasteiger partial charge in [0.2, 0.25) is 6.29 Å². The van der Waals surface area contributed by atoms with Gasteiger partial charge in [0.05, 0.1) is 36.8 Å². The minimum Gasteiger partial charge on any atom is -0.432 e. The Hall–Kier alpha value is -1.72. The average Bonchev–Trinajstić information content (AvgIpc) is 3.26. The van der Waals surface area contributed by atoms with Crippen molar-refractivity contribution in [1.29, 1.82) is 0 Å². The Morgan fingerprint density at radius 1 is 0.708 bits per heavy atom.